The van der Waals surface area contributed by atoms with Gasteiger partial charge in [-0.25, -0.2) is 9.78 Å². The third kappa shape index (κ3) is 2.84. The summed E-state index contributed by atoms with van der Waals surface area (Å²) in [5.41, 5.74) is 1.06. The molecule has 18 heavy (non-hydrogen) atoms. The van der Waals surface area contributed by atoms with Gasteiger partial charge in [0.05, 0.1) is 16.2 Å². The number of nitrogens with zero attached hydrogens (tertiary/aromatic N) is 2. The first-order chi connectivity index (χ1) is 8.56. The normalized spacial score (nSPS) is 10.1. The summed E-state index contributed by atoms with van der Waals surface area (Å²) < 4.78 is 6.17. The SMILES string of the molecule is Cc1cnc(Oc2cncc(C(=O)O)c2)c(Br)c1. The molecule has 0 saturated carbocycles. The Bertz CT molecular complexity index is 602. The van der Waals surface area contributed by atoms with E-state index in [0.29, 0.717) is 16.1 Å². The zero-order chi connectivity index (χ0) is 13.1. The van der Waals surface area contributed by atoms with Gasteiger partial charge in [0.2, 0.25) is 5.88 Å². The zero-order valence-electron chi connectivity index (χ0n) is 9.42. The van der Waals surface area contributed by atoms with Gasteiger partial charge >= 0.3 is 5.97 Å². The lowest BCUT2D eigenvalue weighted by molar-refractivity contribution is 0.0696. The van der Waals surface area contributed by atoms with Crippen molar-refractivity contribution in [3.8, 4) is 11.6 Å². The van der Waals surface area contributed by atoms with E-state index in [9.17, 15) is 4.79 Å². The summed E-state index contributed by atoms with van der Waals surface area (Å²) in [7, 11) is 0. The number of ether oxygens (including phenoxy) is 1. The Morgan fingerprint density at radius 2 is 2.11 bits per heavy atom. The van der Waals surface area contributed by atoms with E-state index in [0.717, 1.165) is 5.56 Å². The Labute approximate surface area is 112 Å². The van der Waals surface area contributed by atoms with Crippen LogP contribution in [-0.2, 0) is 0 Å². The van der Waals surface area contributed by atoms with Crippen LogP contribution in [0, 0.1) is 6.92 Å². The van der Waals surface area contributed by atoms with E-state index < -0.39 is 5.97 Å². The van der Waals surface area contributed by atoms with Gasteiger partial charge in [-0.2, -0.15) is 0 Å². The molecule has 5 nitrogen and oxygen atoms in total. The number of aromatic nitrogens is 2. The molecule has 0 fully saturated rings. The van der Waals surface area contributed by atoms with E-state index in [2.05, 4.69) is 25.9 Å². The molecule has 0 unspecified atom stereocenters. The molecule has 2 heterocycles. The second kappa shape index (κ2) is 5.14. The van der Waals surface area contributed by atoms with Crippen molar-refractivity contribution in [1.82, 2.24) is 9.97 Å². The number of aromatic carboxylic acids is 1. The van der Waals surface area contributed by atoms with E-state index in [1.54, 1.807) is 6.20 Å². The number of halogens is 1. The minimum atomic E-state index is -1.05. The van der Waals surface area contributed by atoms with Crippen LogP contribution >= 0.6 is 15.9 Å². The molecule has 0 aliphatic rings. The fraction of sp³-hybridized carbons (Fsp3) is 0.0833. The lowest BCUT2D eigenvalue weighted by atomic mass is 10.3. The van der Waals surface area contributed by atoms with Crippen LogP contribution in [0.3, 0.4) is 0 Å². The van der Waals surface area contributed by atoms with E-state index in [-0.39, 0.29) is 5.56 Å². The summed E-state index contributed by atoms with van der Waals surface area (Å²) in [5.74, 6) is -0.360. The minimum absolute atomic E-state index is 0.0655. The van der Waals surface area contributed by atoms with Crippen molar-refractivity contribution in [2.75, 3.05) is 0 Å². The van der Waals surface area contributed by atoms with Crippen molar-refractivity contribution in [2.45, 2.75) is 6.92 Å². The zero-order valence-corrected chi connectivity index (χ0v) is 11.0. The average Bonchev–Trinajstić information content (AvgIpc) is 2.33. The molecule has 2 rings (SSSR count). The van der Waals surface area contributed by atoms with Crippen molar-refractivity contribution in [2.24, 2.45) is 0 Å². The van der Waals surface area contributed by atoms with E-state index >= 15 is 0 Å². The number of hydrogen-bond acceptors (Lipinski definition) is 4. The summed E-state index contributed by atoms with van der Waals surface area (Å²) in [6.45, 7) is 1.91. The van der Waals surface area contributed by atoms with Gasteiger partial charge in [0.1, 0.15) is 5.75 Å². The van der Waals surface area contributed by atoms with Crippen molar-refractivity contribution in [3.63, 3.8) is 0 Å². The van der Waals surface area contributed by atoms with Crippen LogP contribution in [0.2, 0.25) is 0 Å². The molecule has 0 bridgehead atoms. The van der Waals surface area contributed by atoms with Crippen LogP contribution in [0.4, 0.5) is 0 Å². The Balaban J connectivity index is 2.28. The Kier molecular flexibility index (Phi) is 3.57. The highest BCUT2D eigenvalue weighted by Crippen LogP contribution is 2.27. The van der Waals surface area contributed by atoms with Gasteiger partial charge in [-0.15, -0.1) is 0 Å². The summed E-state index contributed by atoms with van der Waals surface area (Å²) in [5, 5.41) is 8.85. The third-order valence-electron chi connectivity index (χ3n) is 2.12. The van der Waals surface area contributed by atoms with E-state index in [1.165, 1.54) is 18.5 Å². The lowest BCUT2D eigenvalue weighted by Crippen LogP contribution is -1.98. The van der Waals surface area contributed by atoms with Gasteiger partial charge in [0.25, 0.3) is 0 Å². The second-order valence-electron chi connectivity index (χ2n) is 3.62. The molecule has 0 atom stereocenters. The molecular formula is C12H9BrN2O3. The predicted molar refractivity (Wildman–Crippen MR) is 67.9 cm³/mol. The molecule has 6 heteroatoms. The number of carboxylic acid groups (broad SMARTS) is 1. The van der Waals surface area contributed by atoms with Crippen LogP contribution < -0.4 is 4.74 Å². The number of hydrogen-bond donors (Lipinski definition) is 1. The van der Waals surface area contributed by atoms with Crippen molar-refractivity contribution in [3.05, 3.63) is 46.3 Å². The molecule has 1 N–H and O–H groups in total. The van der Waals surface area contributed by atoms with Crippen LogP contribution in [0.25, 0.3) is 0 Å². The number of rotatable bonds is 3. The molecule has 0 aliphatic carbocycles. The highest BCUT2D eigenvalue weighted by molar-refractivity contribution is 9.10. The minimum Gasteiger partial charge on any atom is -0.478 e. The van der Waals surface area contributed by atoms with Crippen molar-refractivity contribution in [1.29, 1.82) is 0 Å². The fourth-order valence-corrected chi connectivity index (χ4v) is 1.84. The van der Waals surface area contributed by atoms with Gasteiger partial charge in [0.15, 0.2) is 0 Å². The molecular weight excluding hydrogens is 300 g/mol. The van der Waals surface area contributed by atoms with Gasteiger partial charge in [-0.3, -0.25) is 4.98 Å². The third-order valence-corrected chi connectivity index (χ3v) is 2.69. The smallest absolute Gasteiger partial charge is 0.337 e. The van der Waals surface area contributed by atoms with Crippen molar-refractivity contribution < 1.29 is 14.6 Å². The molecule has 92 valence electrons. The van der Waals surface area contributed by atoms with Crippen LogP contribution in [0.1, 0.15) is 15.9 Å². The molecule has 2 aromatic heterocycles. The van der Waals surface area contributed by atoms with Crippen LogP contribution in [0.15, 0.2) is 35.2 Å². The number of carbonyl (C=O) groups is 1. The number of carboxylic acids is 1. The summed E-state index contributed by atoms with van der Waals surface area (Å²) in [6, 6.07) is 3.25. The van der Waals surface area contributed by atoms with Crippen LogP contribution in [0.5, 0.6) is 11.6 Å². The Morgan fingerprint density at radius 3 is 2.78 bits per heavy atom. The molecule has 0 spiro atoms. The molecule has 2 aromatic rings. The maximum absolute atomic E-state index is 10.8. The first-order valence-corrected chi connectivity index (χ1v) is 5.84. The second-order valence-corrected chi connectivity index (χ2v) is 4.47. The largest absolute Gasteiger partial charge is 0.478 e. The monoisotopic (exact) mass is 308 g/mol. The summed E-state index contributed by atoms with van der Waals surface area (Å²) in [6.07, 6.45) is 4.35. The topological polar surface area (TPSA) is 72.3 Å². The Morgan fingerprint density at radius 1 is 1.33 bits per heavy atom. The van der Waals surface area contributed by atoms with Crippen molar-refractivity contribution >= 4 is 21.9 Å². The molecule has 0 aliphatic heterocycles. The lowest BCUT2D eigenvalue weighted by Gasteiger charge is -2.07. The summed E-state index contributed by atoms with van der Waals surface area (Å²) in [4.78, 5) is 18.7. The van der Waals surface area contributed by atoms with Gasteiger partial charge in [-0.1, -0.05) is 0 Å². The van der Waals surface area contributed by atoms with Gasteiger partial charge < -0.3 is 9.84 Å². The average molecular weight is 309 g/mol. The molecule has 0 aromatic carbocycles. The van der Waals surface area contributed by atoms with Crippen LogP contribution in [-0.4, -0.2) is 21.0 Å². The summed E-state index contributed by atoms with van der Waals surface area (Å²) >= 11 is 3.33. The van der Waals surface area contributed by atoms with E-state index in [4.69, 9.17) is 9.84 Å². The van der Waals surface area contributed by atoms with E-state index in [1.807, 2.05) is 13.0 Å². The molecule has 0 amide bonds. The quantitative estimate of drug-likeness (QED) is 0.943. The number of pyridine rings is 2. The first-order valence-electron chi connectivity index (χ1n) is 5.04. The highest BCUT2D eigenvalue weighted by Gasteiger charge is 2.08. The number of aryl methyl sites for hydroxylation is 1. The first kappa shape index (κ1) is 12.5. The predicted octanol–water partition coefficient (Wildman–Crippen LogP) is 3.04. The fourth-order valence-electron chi connectivity index (χ4n) is 1.30. The van der Waals surface area contributed by atoms with Gasteiger partial charge in [0, 0.05) is 12.4 Å². The highest BCUT2D eigenvalue weighted by atomic mass is 79.9. The molecule has 0 radical (unpaired) electrons. The Hall–Kier alpha value is -1.95. The van der Waals surface area contributed by atoms with Gasteiger partial charge in [-0.05, 0) is 40.5 Å². The maximum Gasteiger partial charge on any atom is 0.337 e. The standard InChI is InChI=1S/C12H9BrN2O3/c1-7-2-10(13)11(15-4-7)18-9-3-8(12(16)17)5-14-6-9/h2-6H,1H3,(H,16,17). The molecule has 0 saturated heterocycles. The maximum atomic E-state index is 10.8.